The van der Waals surface area contributed by atoms with Gasteiger partial charge in [-0.1, -0.05) is 6.07 Å². The molecule has 2 rings (SSSR count). The molecule has 1 fully saturated rings. The average molecular weight is 224 g/mol. The highest BCUT2D eigenvalue weighted by Crippen LogP contribution is 2.22. The van der Waals surface area contributed by atoms with Crippen molar-refractivity contribution in [2.24, 2.45) is 5.92 Å². The van der Waals surface area contributed by atoms with Crippen LogP contribution in [0.2, 0.25) is 0 Å². The summed E-state index contributed by atoms with van der Waals surface area (Å²) in [4.78, 5) is 3.98. The van der Waals surface area contributed by atoms with Crippen molar-refractivity contribution < 1.29 is 0 Å². The second-order valence-electron chi connectivity index (χ2n) is 4.59. The Morgan fingerprint density at radius 2 is 2.40 bits per heavy atom. The Morgan fingerprint density at radius 3 is 3.07 bits per heavy atom. The van der Waals surface area contributed by atoms with Crippen molar-refractivity contribution in [1.29, 1.82) is 0 Å². The summed E-state index contributed by atoms with van der Waals surface area (Å²) in [5.74, 6) is 0.819. The lowest BCUT2D eigenvalue weighted by Gasteiger charge is -2.35. The summed E-state index contributed by atoms with van der Waals surface area (Å²) in [5, 5.41) is 5.58. The van der Waals surface area contributed by atoms with E-state index in [4.69, 9.17) is 0 Å². The number of nitrogens with zero attached hydrogens (tertiary/aromatic N) is 1. The van der Waals surface area contributed by atoms with E-state index < -0.39 is 0 Å². The first-order valence-corrected chi connectivity index (χ1v) is 6.54. The van der Waals surface area contributed by atoms with Gasteiger partial charge in [0, 0.05) is 24.0 Å². The first-order chi connectivity index (χ1) is 7.28. The lowest BCUT2D eigenvalue weighted by molar-refractivity contribution is 0.174. The first-order valence-electron chi connectivity index (χ1n) is 5.66. The van der Waals surface area contributed by atoms with Gasteiger partial charge in [-0.3, -0.25) is 0 Å². The SMILES string of the molecule is CNC1CC(Cc2cccs2)CN(C)C1. The van der Waals surface area contributed by atoms with Crippen LogP contribution in [-0.4, -0.2) is 38.1 Å². The van der Waals surface area contributed by atoms with Crippen LogP contribution in [-0.2, 0) is 6.42 Å². The maximum absolute atomic E-state index is 3.41. The quantitative estimate of drug-likeness (QED) is 0.842. The number of nitrogens with one attached hydrogen (secondary N) is 1. The normalized spacial score (nSPS) is 28.1. The zero-order chi connectivity index (χ0) is 10.7. The van der Waals surface area contributed by atoms with Crippen molar-refractivity contribution in [3.63, 3.8) is 0 Å². The van der Waals surface area contributed by atoms with Crippen molar-refractivity contribution in [2.75, 3.05) is 27.2 Å². The van der Waals surface area contributed by atoms with E-state index in [2.05, 4.69) is 41.8 Å². The molecule has 0 radical (unpaired) electrons. The fraction of sp³-hybridized carbons (Fsp3) is 0.667. The number of likely N-dealkylation sites (tertiary alicyclic amines) is 1. The van der Waals surface area contributed by atoms with Crippen molar-refractivity contribution in [2.45, 2.75) is 18.9 Å². The van der Waals surface area contributed by atoms with Crippen LogP contribution in [0.15, 0.2) is 17.5 Å². The van der Waals surface area contributed by atoms with Crippen molar-refractivity contribution in [3.8, 4) is 0 Å². The molecule has 0 spiro atoms. The van der Waals surface area contributed by atoms with E-state index in [1.54, 1.807) is 0 Å². The average Bonchev–Trinajstić information content (AvgIpc) is 2.69. The molecule has 1 aromatic rings. The Morgan fingerprint density at radius 1 is 1.53 bits per heavy atom. The molecule has 0 aromatic carbocycles. The molecule has 0 saturated carbocycles. The number of hydrogen-bond donors (Lipinski definition) is 1. The van der Waals surface area contributed by atoms with E-state index in [0.29, 0.717) is 6.04 Å². The summed E-state index contributed by atoms with van der Waals surface area (Å²) < 4.78 is 0. The number of likely N-dealkylation sites (N-methyl/N-ethyl adjacent to an activating group) is 2. The van der Waals surface area contributed by atoms with Crippen LogP contribution in [0.5, 0.6) is 0 Å². The molecule has 2 heterocycles. The Hall–Kier alpha value is -0.380. The molecule has 15 heavy (non-hydrogen) atoms. The number of thiophene rings is 1. The summed E-state index contributed by atoms with van der Waals surface area (Å²) in [5.41, 5.74) is 0. The topological polar surface area (TPSA) is 15.3 Å². The molecule has 2 nitrogen and oxygen atoms in total. The van der Waals surface area contributed by atoms with Gasteiger partial charge in [-0.05, 0) is 44.3 Å². The molecular formula is C12H20N2S. The molecule has 0 bridgehead atoms. The van der Waals surface area contributed by atoms with Gasteiger partial charge in [-0.15, -0.1) is 11.3 Å². The summed E-state index contributed by atoms with van der Waals surface area (Å²) in [6.45, 7) is 2.44. The van der Waals surface area contributed by atoms with Crippen LogP contribution in [0.4, 0.5) is 0 Å². The van der Waals surface area contributed by atoms with E-state index in [1.807, 2.05) is 11.3 Å². The van der Waals surface area contributed by atoms with Crippen LogP contribution in [0.3, 0.4) is 0 Å². The molecule has 1 saturated heterocycles. The monoisotopic (exact) mass is 224 g/mol. The summed E-state index contributed by atoms with van der Waals surface area (Å²) >= 11 is 1.89. The van der Waals surface area contributed by atoms with Crippen LogP contribution >= 0.6 is 11.3 Å². The standard InChI is InChI=1S/C12H20N2S/c1-13-11-6-10(8-14(2)9-11)7-12-4-3-5-15-12/h3-5,10-11,13H,6-9H2,1-2H3. The lowest BCUT2D eigenvalue weighted by atomic mass is 9.91. The fourth-order valence-electron chi connectivity index (χ4n) is 2.51. The second-order valence-corrected chi connectivity index (χ2v) is 5.62. The lowest BCUT2D eigenvalue weighted by Crippen LogP contribution is -2.46. The van der Waals surface area contributed by atoms with E-state index >= 15 is 0 Å². The molecular weight excluding hydrogens is 204 g/mol. The predicted octanol–water partition coefficient (Wildman–Crippen LogP) is 1.83. The Kier molecular flexibility index (Phi) is 3.78. The number of rotatable bonds is 3. The molecule has 2 atom stereocenters. The third kappa shape index (κ3) is 3.03. The van der Waals surface area contributed by atoms with E-state index in [1.165, 1.54) is 30.8 Å². The van der Waals surface area contributed by atoms with Gasteiger partial charge in [0.1, 0.15) is 0 Å². The van der Waals surface area contributed by atoms with Crippen LogP contribution in [0.25, 0.3) is 0 Å². The minimum atomic E-state index is 0.675. The van der Waals surface area contributed by atoms with Gasteiger partial charge in [-0.2, -0.15) is 0 Å². The molecule has 1 N–H and O–H groups in total. The van der Waals surface area contributed by atoms with Crippen LogP contribution in [0.1, 0.15) is 11.3 Å². The first kappa shape index (κ1) is 11.1. The summed E-state index contributed by atoms with van der Waals surface area (Å²) in [6.07, 6.45) is 2.57. The molecule has 1 aromatic heterocycles. The largest absolute Gasteiger partial charge is 0.316 e. The molecule has 3 heteroatoms. The maximum Gasteiger partial charge on any atom is 0.0195 e. The predicted molar refractivity (Wildman–Crippen MR) is 66.5 cm³/mol. The molecule has 0 aliphatic carbocycles. The van der Waals surface area contributed by atoms with Crippen molar-refractivity contribution in [1.82, 2.24) is 10.2 Å². The Balaban J connectivity index is 1.91. The van der Waals surface area contributed by atoms with Crippen LogP contribution in [0, 0.1) is 5.92 Å². The third-order valence-electron chi connectivity index (χ3n) is 3.20. The highest BCUT2D eigenvalue weighted by Gasteiger charge is 2.24. The van der Waals surface area contributed by atoms with Gasteiger partial charge in [0.2, 0.25) is 0 Å². The van der Waals surface area contributed by atoms with E-state index in [-0.39, 0.29) is 0 Å². The second kappa shape index (κ2) is 5.10. The molecule has 2 unspecified atom stereocenters. The molecule has 84 valence electrons. The molecule has 1 aliphatic rings. The maximum atomic E-state index is 3.41. The van der Waals surface area contributed by atoms with Crippen molar-refractivity contribution >= 4 is 11.3 Å². The van der Waals surface area contributed by atoms with Gasteiger partial charge in [0.15, 0.2) is 0 Å². The Bertz CT molecular complexity index is 284. The van der Waals surface area contributed by atoms with Gasteiger partial charge >= 0.3 is 0 Å². The third-order valence-corrected chi connectivity index (χ3v) is 4.10. The molecule has 0 amide bonds. The smallest absolute Gasteiger partial charge is 0.0195 e. The van der Waals surface area contributed by atoms with Crippen LogP contribution < -0.4 is 5.32 Å². The Labute approximate surface area is 96.3 Å². The highest BCUT2D eigenvalue weighted by atomic mass is 32.1. The van der Waals surface area contributed by atoms with E-state index in [0.717, 1.165) is 5.92 Å². The highest BCUT2D eigenvalue weighted by molar-refractivity contribution is 7.09. The van der Waals surface area contributed by atoms with Crippen molar-refractivity contribution in [3.05, 3.63) is 22.4 Å². The van der Waals surface area contributed by atoms with Gasteiger partial charge in [-0.25, -0.2) is 0 Å². The zero-order valence-corrected chi connectivity index (χ0v) is 10.4. The van der Waals surface area contributed by atoms with Gasteiger partial charge < -0.3 is 10.2 Å². The number of piperidine rings is 1. The van der Waals surface area contributed by atoms with Gasteiger partial charge in [0.25, 0.3) is 0 Å². The fourth-order valence-corrected chi connectivity index (χ4v) is 3.33. The zero-order valence-electron chi connectivity index (χ0n) is 9.57. The molecule has 1 aliphatic heterocycles. The number of hydrogen-bond acceptors (Lipinski definition) is 3. The summed E-state index contributed by atoms with van der Waals surface area (Å²) in [6, 6.07) is 5.09. The summed E-state index contributed by atoms with van der Waals surface area (Å²) in [7, 11) is 4.30. The minimum Gasteiger partial charge on any atom is -0.316 e. The van der Waals surface area contributed by atoms with Gasteiger partial charge in [0.05, 0.1) is 0 Å². The van der Waals surface area contributed by atoms with E-state index in [9.17, 15) is 0 Å². The minimum absolute atomic E-state index is 0.675.